The summed E-state index contributed by atoms with van der Waals surface area (Å²) in [6, 6.07) is 9.73. The minimum absolute atomic E-state index is 0.297. The van der Waals surface area contributed by atoms with Gasteiger partial charge in [-0.2, -0.15) is 10.5 Å². The lowest BCUT2D eigenvalue weighted by molar-refractivity contribution is 0.0428. The molecule has 0 bridgehead atoms. The molecule has 0 heterocycles. The maximum absolute atomic E-state index is 10.0. The van der Waals surface area contributed by atoms with Crippen molar-refractivity contribution in [1.82, 2.24) is 0 Å². The van der Waals surface area contributed by atoms with E-state index in [1.54, 1.807) is 26.4 Å². The van der Waals surface area contributed by atoms with Gasteiger partial charge >= 0.3 is 0 Å². The maximum atomic E-state index is 10.0. The summed E-state index contributed by atoms with van der Waals surface area (Å²) in [6.45, 7) is 0. The van der Waals surface area contributed by atoms with Crippen molar-refractivity contribution in [1.29, 1.82) is 10.5 Å². The number of benzene rings is 1. The van der Waals surface area contributed by atoms with E-state index in [1.807, 2.05) is 12.1 Å². The zero-order valence-electron chi connectivity index (χ0n) is 12.2. The van der Waals surface area contributed by atoms with Crippen molar-refractivity contribution in [2.24, 2.45) is 0 Å². The van der Waals surface area contributed by atoms with Crippen LogP contribution < -0.4 is 9.47 Å². The number of aliphatic hydroxyl groups is 1. The molecule has 21 heavy (non-hydrogen) atoms. The van der Waals surface area contributed by atoms with Crippen LogP contribution in [0.2, 0.25) is 0 Å². The van der Waals surface area contributed by atoms with Gasteiger partial charge < -0.3 is 14.6 Å². The second-order valence-electron chi connectivity index (χ2n) is 5.41. The zero-order chi connectivity index (χ0) is 15.5. The third kappa shape index (κ3) is 2.66. The van der Waals surface area contributed by atoms with Crippen LogP contribution in [0.25, 0.3) is 0 Å². The molecule has 0 saturated heterocycles. The number of nitriles is 2. The molecule has 2 rings (SSSR count). The highest BCUT2D eigenvalue weighted by Crippen LogP contribution is 2.44. The lowest BCUT2D eigenvalue weighted by Gasteiger charge is -2.37. The molecule has 1 aromatic carbocycles. The van der Waals surface area contributed by atoms with Gasteiger partial charge in [0.1, 0.15) is 0 Å². The van der Waals surface area contributed by atoms with Crippen LogP contribution in [0, 0.1) is 22.7 Å². The van der Waals surface area contributed by atoms with Gasteiger partial charge in [-0.15, -0.1) is 0 Å². The van der Waals surface area contributed by atoms with E-state index in [2.05, 4.69) is 6.07 Å². The Morgan fingerprint density at radius 3 is 2.10 bits per heavy atom. The normalized spacial score (nSPS) is 28.2. The lowest BCUT2D eigenvalue weighted by atomic mass is 9.66. The Labute approximate surface area is 124 Å². The lowest BCUT2D eigenvalue weighted by Crippen LogP contribution is -2.39. The van der Waals surface area contributed by atoms with Crippen LogP contribution in [-0.4, -0.2) is 24.9 Å². The van der Waals surface area contributed by atoms with Gasteiger partial charge in [0, 0.05) is 0 Å². The Bertz CT molecular complexity index is 605. The zero-order valence-corrected chi connectivity index (χ0v) is 12.2. The van der Waals surface area contributed by atoms with E-state index >= 15 is 0 Å². The Balaban J connectivity index is 2.36. The van der Waals surface area contributed by atoms with Crippen LogP contribution in [0.3, 0.4) is 0 Å². The highest BCUT2D eigenvalue weighted by molar-refractivity contribution is 5.47. The topological polar surface area (TPSA) is 86.3 Å². The summed E-state index contributed by atoms with van der Waals surface area (Å²) >= 11 is 0. The van der Waals surface area contributed by atoms with Crippen LogP contribution in [0.1, 0.15) is 31.2 Å². The predicted octanol–water partition coefficient (Wildman–Crippen LogP) is 2.29. The molecule has 0 radical (unpaired) electrons. The Kier molecular flexibility index (Phi) is 4.06. The molecule has 1 saturated carbocycles. The SMILES string of the molecule is COc1ccc(C2(C#N)CCC(O)(C#N)CC2)cc1OC. The fourth-order valence-corrected chi connectivity index (χ4v) is 2.80. The largest absolute Gasteiger partial charge is 0.493 e. The summed E-state index contributed by atoms with van der Waals surface area (Å²) in [4.78, 5) is 0. The second-order valence-corrected chi connectivity index (χ2v) is 5.41. The number of ether oxygens (including phenoxy) is 2. The minimum atomic E-state index is -1.31. The second kappa shape index (κ2) is 5.63. The molecule has 0 unspecified atom stereocenters. The number of hydrogen-bond acceptors (Lipinski definition) is 5. The van der Waals surface area contributed by atoms with Gasteiger partial charge in [0.15, 0.2) is 17.1 Å². The smallest absolute Gasteiger partial charge is 0.161 e. The highest BCUT2D eigenvalue weighted by Gasteiger charge is 2.43. The standard InChI is InChI=1S/C16H18N2O3/c1-20-13-4-3-12(9-14(13)21-2)15(10-17)5-7-16(19,11-18)8-6-15/h3-4,9,19H,5-8H2,1-2H3. The van der Waals surface area contributed by atoms with E-state index in [4.69, 9.17) is 14.7 Å². The van der Waals surface area contributed by atoms with Gasteiger partial charge in [-0.1, -0.05) is 6.07 Å². The summed E-state index contributed by atoms with van der Waals surface area (Å²) in [7, 11) is 3.11. The molecule has 0 atom stereocenters. The van der Waals surface area contributed by atoms with Crippen molar-refractivity contribution in [3.8, 4) is 23.6 Å². The molecule has 0 aromatic heterocycles. The van der Waals surface area contributed by atoms with Crippen LogP contribution in [-0.2, 0) is 5.41 Å². The minimum Gasteiger partial charge on any atom is -0.493 e. The van der Waals surface area contributed by atoms with E-state index < -0.39 is 11.0 Å². The predicted molar refractivity (Wildman–Crippen MR) is 75.9 cm³/mol. The van der Waals surface area contributed by atoms with Gasteiger partial charge in [-0.05, 0) is 43.4 Å². The average molecular weight is 286 g/mol. The van der Waals surface area contributed by atoms with Crippen LogP contribution >= 0.6 is 0 Å². The van der Waals surface area contributed by atoms with E-state index in [-0.39, 0.29) is 0 Å². The summed E-state index contributed by atoms with van der Waals surface area (Å²) in [5, 5.41) is 28.7. The quantitative estimate of drug-likeness (QED) is 0.861. The first-order valence-corrected chi connectivity index (χ1v) is 6.80. The van der Waals surface area contributed by atoms with Gasteiger partial charge in [-0.3, -0.25) is 0 Å². The van der Waals surface area contributed by atoms with Gasteiger partial charge in [0.25, 0.3) is 0 Å². The molecule has 1 fully saturated rings. The van der Waals surface area contributed by atoms with Crippen molar-refractivity contribution < 1.29 is 14.6 Å². The monoisotopic (exact) mass is 286 g/mol. The summed E-state index contributed by atoms with van der Waals surface area (Å²) < 4.78 is 10.5. The van der Waals surface area contributed by atoms with Crippen molar-refractivity contribution in [2.75, 3.05) is 14.2 Å². The molecular weight excluding hydrogens is 268 g/mol. The molecule has 5 heteroatoms. The molecule has 0 amide bonds. The third-order valence-electron chi connectivity index (χ3n) is 4.29. The average Bonchev–Trinajstić information content (AvgIpc) is 2.55. The number of methoxy groups -OCH3 is 2. The molecule has 1 aliphatic rings. The Morgan fingerprint density at radius 2 is 1.62 bits per heavy atom. The van der Waals surface area contributed by atoms with Crippen molar-refractivity contribution in [3.05, 3.63) is 23.8 Å². The highest BCUT2D eigenvalue weighted by atomic mass is 16.5. The van der Waals surface area contributed by atoms with Gasteiger partial charge in [-0.25, -0.2) is 0 Å². The first-order valence-electron chi connectivity index (χ1n) is 6.80. The Hall–Kier alpha value is -2.24. The fourth-order valence-electron chi connectivity index (χ4n) is 2.80. The van der Waals surface area contributed by atoms with E-state index in [0.29, 0.717) is 37.2 Å². The summed E-state index contributed by atoms with van der Waals surface area (Å²) in [5.74, 6) is 1.18. The molecule has 1 aromatic rings. The van der Waals surface area contributed by atoms with Gasteiger partial charge in [0.2, 0.25) is 0 Å². The van der Waals surface area contributed by atoms with Crippen molar-refractivity contribution in [2.45, 2.75) is 36.7 Å². The molecule has 1 aliphatic carbocycles. The number of nitrogens with zero attached hydrogens (tertiary/aromatic N) is 2. The van der Waals surface area contributed by atoms with E-state index in [1.165, 1.54) is 0 Å². The molecule has 1 N–H and O–H groups in total. The number of hydrogen-bond donors (Lipinski definition) is 1. The molecule has 5 nitrogen and oxygen atoms in total. The van der Waals surface area contributed by atoms with Crippen LogP contribution in [0.15, 0.2) is 18.2 Å². The van der Waals surface area contributed by atoms with Crippen LogP contribution in [0.4, 0.5) is 0 Å². The van der Waals surface area contributed by atoms with Gasteiger partial charge in [0.05, 0.1) is 31.8 Å². The van der Waals surface area contributed by atoms with Crippen molar-refractivity contribution >= 4 is 0 Å². The van der Waals surface area contributed by atoms with E-state index in [9.17, 15) is 10.4 Å². The number of rotatable bonds is 3. The first kappa shape index (κ1) is 15.2. The maximum Gasteiger partial charge on any atom is 0.161 e. The Morgan fingerprint density at radius 1 is 1.00 bits per heavy atom. The fraction of sp³-hybridized carbons (Fsp3) is 0.500. The van der Waals surface area contributed by atoms with E-state index in [0.717, 1.165) is 5.56 Å². The first-order chi connectivity index (χ1) is 10.0. The summed E-state index contributed by atoms with van der Waals surface area (Å²) in [6.07, 6.45) is 1.49. The van der Waals surface area contributed by atoms with Crippen LogP contribution in [0.5, 0.6) is 11.5 Å². The molecule has 0 spiro atoms. The molecule has 110 valence electrons. The molecule has 0 aliphatic heterocycles. The molecular formula is C16H18N2O3. The van der Waals surface area contributed by atoms with Crippen molar-refractivity contribution in [3.63, 3.8) is 0 Å². The summed E-state index contributed by atoms with van der Waals surface area (Å²) in [5.41, 5.74) is -1.16. The third-order valence-corrected chi connectivity index (χ3v) is 4.29.